The van der Waals surface area contributed by atoms with Gasteiger partial charge in [-0.05, 0) is 55.0 Å². The number of rotatable bonds is 8. The Bertz CT molecular complexity index is 1120. The minimum Gasteiger partial charge on any atom is -0.497 e. The minimum absolute atomic E-state index is 0.152. The van der Waals surface area contributed by atoms with Gasteiger partial charge in [0.1, 0.15) is 23.9 Å². The quantitative estimate of drug-likeness (QED) is 0.565. The summed E-state index contributed by atoms with van der Waals surface area (Å²) in [5.41, 5.74) is 2.07. The lowest BCUT2D eigenvalue weighted by Crippen LogP contribution is -2.46. The number of methoxy groups -OCH3 is 1. The van der Waals surface area contributed by atoms with Gasteiger partial charge in [0.2, 0.25) is 5.91 Å². The van der Waals surface area contributed by atoms with Gasteiger partial charge in [0.05, 0.1) is 25.8 Å². The fraction of sp³-hybridized carbons (Fsp3) is 0.231. The number of amides is 2. The Labute approximate surface area is 192 Å². The van der Waals surface area contributed by atoms with Gasteiger partial charge in [-0.1, -0.05) is 30.3 Å². The molecule has 0 bridgehead atoms. The Kier molecular flexibility index (Phi) is 6.78. The third-order valence-electron chi connectivity index (χ3n) is 5.30. The van der Waals surface area contributed by atoms with Crippen LogP contribution in [0.5, 0.6) is 17.2 Å². The van der Waals surface area contributed by atoms with Crippen molar-refractivity contribution in [2.24, 2.45) is 0 Å². The largest absolute Gasteiger partial charge is 0.497 e. The topological polar surface area (TPSA) is 77.1 Å². The number of nitrogens with one attached hydrogen (secondary N) is 1. The highest BCUT2D eigenvalue weighted by molar-refractivity contribution is 6.01. The molecule has 2 amide bonds. The van der Waals surface area contributed by atoms with Crippen molar-refractivity contribution in [2.75, 3.05) is 30.5 Å². The van der Waals surface area contributed by atoms with E-state index in [1.807, 2.05) is 54.6 Å². The van der Waals surface area contributed by atoms with Crippen molar-refractivity contribution in [3.05, 3.63) is 78.4 Å². The molecular weight excluding hydrogens is 420 g/mol. The van der Waals surface area contributed by atoms with Crippen molar-refractivity contribution >= 4 is 23.2 Å². The molecule has 170 valence electrons. The molecule has 1 heterocycles. The molecule has 7 heteroatoms. The number of benzene rings is 3. The summed E-state index contributed by atoms with van der Waals surface area (Å²) in [6.07, 6.45) is -0.368. The number of ether oxygens (including phenoxy) is 3. The summed E-state index contributed by atoms with van der Waals surface area (Å²) in [6, 6.07) is 22.1. The Balaban J connectivity index is 1.44. The van der Waals surface area contributed by atoms with E-state index in [0.29, 0.717) is 30.3 Å². The zero-order valence-corrected chi connectivity index (χ0v) is 18.6. The lowest BCUT2D eigenvalue weighted by molar-refractivity contribution is -0.125. The standard InChI is InChI=1S/C26H26N2O5/c1-18-26(30)28(14-15-32-22-6-4-3-5-7-22)23-17-20(10-13-24(23)33-18)27-25(29)16-19-8-11-21(31-2)12-9-19/h3-13,17-18H,14-16H2,1-2H3,(H,27,29). The van der Waals surface area contributed by atoms with Crippen LogP contribution in [-0.4, -0.2) is 38.2 Å². The van der Waals surface area contributed by atoms with Gasteiger partial charge >= 0.3 is 0 Å². The number of nitrogens with zero attached hydrogens (tertiary/aromatic N) is 1. The van der Waals surface area contributed by atoms with E-state index >= 15 is 0 Å². The molecule has 0 saturated heterocycles. The van der Waals surface area contributed by atoms with Crippen LogP contribution >= 0.6 is 0 Å². The molecule has 3 aromatic rings. The predicted octanol–water partition coefficient (Wildman–Crippen LogP) is 4.07. The number of carbonyl (C=O) groups is 2. The molecule has 4 rings (SSSR count). The molecule has 0 aromatic heterocycles. The van der Waals surface area contributed by atoms with Gasteiger partial charge in [0.25, 0.3) is 5.91 Å². The van der Waals surface area contributed by atoms with Crippen LogP contribution in [0.15, 0.2) is 72.8 Å². The average molecular weight is 447 g/mol. The highest BCUT2D eigenvalue weighted by Gasteiger charge is 2.31. The summed E-state index contributed by atoms with van der Waals surface area (Å²) in [5.74, 6) is 1.77. The smallest absolute Gasteiger partial charge is 0.267 e. The highest BCUT2D eigenvalue weighted by Crippen LogP contribution is 2.36. The van der Waals surface area contributed by atoms with E-state index in [0.717, 1.165) is 17.1 Å². The summed E-state index contributed by atoms with van der Waals surface area (Å²) in [6.45, 7) is 2.41. The van der Waals surface area contributed by atoms with E-state index < -0.39 is 6.10 Å². The lowest BCUT2D eigenvalue weighted by atomic mass is 10.1. The van der Waals surface area contributed by atoms with E-state index in [4.69, 9.17) is 14.2 Å². The van der Waals surface area contributed by atoms with E-state index in [1.165, 1.54) is 0 Å². The van der Waals surface area contributed by atoms with Crippen LogP contribution in [0.4, 0.5) is 11.4 Å². The molecule has 0 fully saturated rings. The third-order valence-corrected chi connectivity index (χ3v) is 5.30. The van der Waals surface area contributed by atoms with Crippen LogP contribution in [0.1, 0.15) is 12.5 Å². The molecule has 0 aliphatic carbocycles. The molecule has 1 N–H and O–H groups in total. The van der Waals surface area contributed by atoms with Crippen molar-refractivity contribution in [3.8, 4) is 17.2 Å². The first-order valence-electron chi connectivity index (χ1n) is 10.8. The summed E-state index contributed by atoms with van der Waals surface area (Å²) in [7, 11) is 1.60. The van der Waals surface area contributed by atoms with E-state index in [2.05, 4.69) is 5.32 Å². The fourth-order valence-corrected chi connectivity index (χ4v) is 3.62. The maximum atomic E-state index is 12.8. The molecule has 1 aliphatic rings. The van der Waals surface area contributed by atoms with Crippen molar-refractivity contribution in [2.45, 2.75) is 19.4 Å². The lowest BCUT2D eigenvalue weighted by Gasteiger charge is -2.33. The molecule has 33 heavy (non-hydrogen) atoms. The second kappa shape index (κ2) is 10.1. The molecule has 0 spiro atoms. The Morgan fingerprint density at radius 3 is 2.52 bits per heavy atom. The van der Waals surface area contributed by atoms with Crippen LogP contribution in [0.25, 0.3) is 0 Å². The SMILES string of the molecule is COc1ccc(CC(=O)Nc2ccc3c(c2)N(CCOc2ccccc2)C(=O)C(C)O3)cc1. The predicted molar refractivity (Wildman–Crippen MR) is 126 cm³/mol. The number of hydrogen-bond acceptors (Lipinski definition) is 5. The average Bonchev–Trinajstić information content (AvgIpc) is 2.83. The van der Waals surface area contributed by atoms with Crippen molar-refractivity contribution in [1.29, 1.82) is 0 Å². The van der Waals surface area contributed by atoms with Gasteiger partial charge in [-0.2, -0.15) is 0 Å². The van der Waals surface area contributed by atoms with Crippen LogP contribution in [0.2, 0.25) is 0 Å². The molecule has 0 radical (unpaired) electrons. The first kappa shape index (κ1) is 22.2. The van der Waals surface area contributed by atoms with Crippen LogP contribution in [0.3, 0.4) is 0 Å². The number of hydrogen-bond donors (Lipinski definition) is 1. The summed E-state index contributed by atoms with van der Waals surface area (Å²) in [5, 5.41) is 2.90. The Hall–Kier alpha value is -4.00. The van der Waals surface area contributed by atoms with Gasteiger partial charge in [0.15, 0.2) is 6.10 Å². The second-order valence-electron chi connectivity index (χ2n) is 7.67. The molecule has 7 nitrogen and oxygen atoms in total. The first-order valence-corrected chi connectivity index (χ1v) is 10.8. The Morgan fingerprint density at radius 2 is 1.79 bits per heavy atom. The Morgan fingerprint density at radius 1 is 1.03 bits per heavy atom. The van der Waals surface area contributed by atoms with Crippen LogP contribution in [-0.2, 0) is 16.0 Å². The number of fused-ring (bicyclic) bond motifs is 1. The number of anilines is 2. The number of para-hydroxylation sites is 1. The highest BCUT2D eigenvalue weighted by atomic mass is 16.5. The molecule has 1 atom stereocenters. The summed E-state index contributed by atoms with van der Waals surface area (Å²) in [4.78, 5) is 27.0. The van der Waals surface area contributed by atoms with E-state index in [-0.39, 0.29) is 18.2 Å². The van der Waals surface area contributed by atoms with Crippen molar-refractivity contribution in [3.63, 3.8) is 0 Å². The van der Waals surface area contributed by atoms with Crippen LogP contribution in [0, 0.1) is 0 Å². The van der Waals surface area contributed by atoms with Gasteiger partial charge in [-0.15, -0.1) is 0 Å². The first-order chi connectivity index (χ1) is 16.0. The zero-order valence-electron chi connectivity index (χ0n) is 18.6. The fourth-order valence-electron chi connectivity index (χ4n) is 3.62. The zero-order chi connectivity index (χ0) is 23.2. The van der Waals surface area contributed by atoms with Gasteiger partial charge in [-0.3, -0.25) is 9.59 Å². The van der Waals surface area contributed by atoms with Gasteiger partial charge < -0.3 is 24.4 Å². The summed E-state index contributed by atoms with van der Waals surface area (Å²) >= 11 is 0. The monoisotopic (exact) mass is 446 g/mol. The van der Waals surface area contributed by atoms with E-state index in [1.54, 1.807) is 37.1 Å². The van der Waals surface area contributed by atoms with Crippen molar-refractivity contribution in [1.82, 2.24) is 0 Å². The molecule has 3 aromatic carbocycles. The third kappa shape index (κ3) is 5.44. The molecule has 1 unspecified atom stereocenters. The summed E-state index contributed by atoms with van der Waals surface area (Å²) < 4.78 is 16.7. The normalized spacial score (nSPS) is 14.8. The molecule has 1 aliphatic heterocycles. The minimum atomic E-state index is -0.593. The van der Waals surface area contributed by atoms with E-state index in [9.17, 15) is 9.59 Å². The maximum absolute atomic E-state index is 12.8. The van der Waals surface area contributed by atoms with Crippen LogP contribution < -0.4 is 24.4 Å². The van der Waals surface area contributed by atoms with Crippen molar-refractivity contribution < 1.29 is 23.8 Å². The van der Waals surface area contributed by atoms with Gasteiger partial charge in [0, 0.05) is 5.69 Å². The molecule has 0 saturated carbocycles. The number of carbonyl (C=O) groups excluding carboxylic acids is 2. The molecular formula is C26H26N2O5. The maximum Gasteiger partial charge on any atom is 0.267 e. The van der Waals surface area contributed by atoms with Gasteiger partial charge in [-0.25, -0.2) is 0 Å². The second-order valence-corrected chi connectivity index (χ2v) is 7.67.